The Morgan fingerprint density at radius 1 is 1.28 bits per heavy atom. The molecule has 2 atom stereocenters. The second kappa shape index (κ2) is 6.50. The van der Waals surface area contributed by atoms with E-state index in [-0.39, 0.29) is 17.9 Å². The van der Waals surface area contributed by atoms with Crippen LogP contribution < -0.4 is 5.32 Å². The molecule has 0 aliphatic carbocycles. The van der Waals surface area contributed by atoms with Crippen LogP contribution in [0.1, 0.15) is 13.3 Å². The summed E-state index contributed by atoms with van der Waals surface area (Å²) in [5.74, 6) is 0.274. The average molecular weight is 255 g/mol. The molecule has 2 heterocycles. The zero-order valence-corrected chi connectivity index (χ0v) is 11.5. The Hall–Kier alpha value is -0.650. The number of nitrogens with one attached hydrogen (secondary N) is 1. The summed E-state index contributed by atoms with van der Waals surface area (Å²) in [7, 11) is 1.90. The van der Waals surface area contributed by atoms with E-state index in [9.17, 15) is 4.79 Å². The molecule has 2 aliphatic heterocycles. The topological polar surface area (TPSA) is 44.8 Å². The highest BCUT2D eigenvalue weighted by Gasteiger charge is 2.36. The number of carbonyl (C=O) groups is 1. The van der Waals surface area contributed by atoms with Crippen LogP contribution in [0.4, 0.5) is 0 Å². The first-order chi connectivity index (χ1) is 8.76. The Labute approximate surface area is 109 Å². The fourth-order valence-electron chi connectivity index (χ4n) is 2.82. The smallest absolute Gasteiger partial charge is 0.229 e. The second-order valence-corrected chi connectivity index (χ2v) is 5.21. The lowest BCUT2D eigenvalue weighted by Gasteiger charge is -2.36. The van der Waals surface area contributed by atoms with Gasteiger partial charge in [0.05, 0.1) is 19.1 Å². The highest BCUT2D eigenvalue weighted by molar-refractivity contribution is 5.80. The number of hydrogen-bond acceptors (Lipinski definition) is 4. The van der Waals surface area contributed by atoms with Gasteiger partial charge in [-0.3, -0.25) is 9.69 Å². The predicted molar refractivity (Wildman–Crippen MR) is 70.5 cm³/mol. The molecule has 1 N–H and O–H groups in total. The summed E-state index contributed by atoms with van der Waals surface area (Å²) in [4.78, 5) is 16.9. The number of likely N-dealkylation sites (N-methyl/N-ethyl adjacent to an activating group) is 1. The Morgan fingerprint density at radius 3 is 2.61 bits per heavy atom. The minimum atomic E-state index is 0.00715. The van der Waals surface area contributed by atoms with Gasteiger partial charge in [0.2, 0.25) is 5.91 Å². The van der Waals surface area contributed by atoms with Gasteiger partial charge in [-0.1, -0.05) is 6.92 Å². The molecule has 0 aromatic carbocycles. The molecule has 104 valence electrons. The van der Waals surface area contributed by atoms with Gasteiger partial charge in [-0.25, -0.2) is 0 Å². The first-order valence-corrected chi connectivity index (χ1v) is 7.02. The van der Waals surface area contributed by atoms with Gasteiger partial charge in [-0.15, -0.1) is 0 Å². The van der Waals surface area contributed by atoms with Crippen molar-refractivity contribution in [2.24, 2.45) is 5.92 Å². The second-order valence-electron chi connectivity index (χ2n) is 5.21. The van der Waals surface area contributed by atoms with Gasteiger partial charge in [0.15, 0.2) is 0 Å². The van der Waals surface area contributed by atoms with Crippen LogP contribution in [-0.2, 0) is 9.53 Å². The van der Waals surface area contributed by atoms with Crippen LogP contribution in [0.3, 0.4) is 0 Å². The Balaban J connectivity index is 1.83. The number of ether oxygens (including phenoxy) is 1. The maximum Gasteiger partial charge on any atom is 0.229 e. The molecular formula is C13H25N3O2. The third-order valence-corrected chi connectivity index (χ3v) is 3.99. The van der Waals surface area contributed by atoms with Crippen molar-refractivity contribution in [2.45, 2.75) is 19.4 Å². The summed E-state index contributed by atoms with van der Waals surface area (Å²) < 4.78 is 5.41. The average Bonchev–Trinajstić information content (AvgIpc) is 2.87. The Morgan fingerprint density at radius 2 is 2.00 bits per heavy atom. The zero-order valence-electron chi connectivity index (χ0n) is 11.5. The molecule has 2 rings (SSSR count). The molecule has 0 aromatic heterocycles. The molecule has 0 aromatic rings. The molecule has 18 heavy (non-hydrogen) atoms. The van der Waals surface area contributed by atoms with Crippen molar-refractivity contribution in [1.29, 1.82) is 0 Å². The molecule has 2 aliphatic rings. The summed E-state index contributed by atoms with van der Waals surface area (Å²) in [5, 5.41) is 3.18. The molecule has 0 bridgehead atoms. The normalized spacial score (nSPS) is 29.8. The molecule has 1 amide bonds. The largest absolute Gasteiger partial charge is 0.379 e. The quantitative estimate of drug-likeness (QED) is 0.754. The van der Waals surface area contributed by atoms with Gasteiger partial charge in [0, 0.05) is 32.2 Å². The molecule has 0 spiro atoms. The number of amides is 1. The third-order valence-electron chi connectivity index (χ3n) is 3.99. The highest BCUT2D eigenvalue weighted by atomic mass is 16.5. The van der Waals surface area contributed by atoms with Crippen LogP contribution >= 0.6 is 0 Å². The Bertz CT molecular complexity index is 277. The van der Waals surface area contributed by atoms with Crippen molar-refractivity contribution in [3.63, 3.8) is 0 Å². The van der Waals surface area contributed by atoms with Crippen LogP contribution in [0.15, 0.2) is 0 Å². The van der Waals surface area contributed by atoms with Crippen molar-refractivity contribution in [1.82, 2.24) is 15.1 Å². The maximum absolute atomic E-state index is 12.4. The SMILES string of the molecule is CCCN1CCN(C(=O)C2COCC2NC)CC1. The van der Waals surface area contributed by atoms with E-state index in [1.807, 2.05) is 11.9 Å². The summed E-state index contributed by atoms with van der Waals surface area (Å²) in [6, 6.07) is 0.186. The minimum Gasteiger partial charge on any atom is -0.379 e. The number of piperazine rings is 1. The zero-order chi connectivity index (χ0) is 13.0. The lowest BCUT2D eigenvalue weighted by atomic mass is 10.0. The van der Waals surface area contributed by atoms with Crippen LogP contribution in [-0.4, -0.2) is 74.7 Å². The summed E-state index contributed by atoms with van der Waals surface area (Å²) in [6.45, 7) is 8.33. The fraction of sp³-hybridized carbons (Fsp3) is 0.923. The standard InChI is InChI=1S/C13H25N3O2/c1-3-4-15-5-7-16(8-6-15)13(17)11-9-18-10-12(11)14-2/h11-12,14H,3-10H2,1-2H3. The fourth-order valence-corrected chi connectivity index (χ4v) is 2.82. The third kappa shape index (κ3) is 3.02. The number of hydrogen-bond donors (Lipinski definition) is 1. The van der Waals surface area contributed by atoms with Gasteiger partial charge >= 0.3 is 0 Å². The number of rotatable bonds is 4. The highest BCUT2D eigenvalue weighted by Crippen LogP contribution is 2.17. The summed E-state index contributed by atoms with van der Waals surface area (Å²) in [5.41, 5.74) is 0. The summed E-state index contributed by atoms with van der Waals surface area (Å²) in [6.07, 6.45) is 1.19. The lowest BCUT2D eigenvalue weighted by Crippen LogP contribution is -2.52. The lowest BCUT2D eigenvalue weighted by molar-refractivity contribution is -0.137. The molecule has 5 heteroatoms. The summed E-state index contributed by atoms with van der Waals surface area (Å²) >= 11 is 0. The van der Waals surface area contributed by atoms with Crippen molar-refractivity contribution in [3.8, 4) is 0 Å². The van der Waals surface area contributed by atoms with E-state index in [1.54, 1.807) is 0 Å². The van der Waals surface area contributed by atoms with Crippen LogP contribution in [0.5, 0.6) is 0 Å². The van der Waals surface area contributed by atoms with Crippen LogP contribution in [0.2, 0.25) is 0 Å². The predicted octanol–water partition coefficient (Wildman–Crippen LogP) is -0.225. The van der Waals surface area contributed by atoms with Gasteiger partial charge in [0.1, 0.15) is 0 Å². The van der Waals surface area contributed by atoms with E-state index in [2.05, 4.69) is 17.1 Å². The molecule has 2 unspecified atom stereocenters. The first-order valence-electron chi connectivity index (χ1n) is 7.02. The van der Waals surface area contributed by atoms with Gasteiger partial charge in [0.25, 0.3) is 0 Å². The number of nitrogens with zero attached hydrogens (tertiary/aromatic N) is 2. The minimum absolute atomic E-state index is 0.00715. The molecule has 2 saturated heterocycles. The molecule has 0 radical (unpaired) electrons. The van der Waals surface area contributed by atoms with E-state index in [0.29, 0.717) is 13.2 Å². The van der Waals surface area contributed by atoms with Crippen molar-refractivity contribution in [2.75, 3.05) is 53.0 Å². The monoisotopic (exact) mass is 255 g/mol. The van der Waals surface area contributed by atoms with E-state index in [4.69, 9.17) is 4.74 Å². The van der Waals surface area contributed by atoms with E-state index in [1.165, 1.54) is 6.42 Å². The van der Waals surface area contributed by atoms with Gasteiger partial charge in [-0.05, 0) is 20.0 Å². The maximum atomic E-state index is 12.4. The molecule has 0 saturated carbocycles. The first kappa shape index (κ1) is 13.8. The van der Waals surface area contributed by atoms with Crippen LogP contribution in [0, 0.1) is 5.92 Å². The van der Waals surface area contributed by atoms with Crippen molar-refractivity contribution >= 4 is 5.91 Å². The van der Waals surface area contributed by atoms with E-state index < -0.39 is 0 Å². The van der Waals surface area contributed by atoms with Gasteiger partial charge < -0.3 is 15.0 Å². The van der Waals surface area contributed by atoms with Crippen molar-refractivity contribution in [3.05, 3.63) is 0 Å². The van der Waals surface area contributed by atoms with E-state index in [0.717, 1.165) is 32.7 Å². The van der Waals surface area contributed by atoms with Crippen molar-refractivity contribution < 1.29 is 9.53 Å². The Kier molecular flexibility index (Phi) is 4.97. The molecule has 2 fully saturated rings. The van der Waals surface area contributed by atoms with E-state index >= 15 is 0 Å². The molecule has 5 nitrogen and oxygen atoms in total. The van der Waals surface area contributed by atoms with Crippen LogP contribution in [0.25, 0.3) is 0 Å². The van der Waals surface area contributed by atoms with Gasteiger partial charge in [-0.2, -0.15) is 0 Å². The molecular weight excluding hydrogens is 230 g/mol. The number of carbonyl (C=O) groups excluding carboxylic acids is 1.